The third kappa shape index (κ3) is 2.90. The Hall–Kier alpha value is -1.53. The normalized spacial score (nSPS) is 11.8. The highest BCUT2D eigenvalue weighted by atomic mass is 35.5. The molecule has 2 rings (SSSR count). The van der Waals surface area contributed by atoms with Gasteiger partial charge in [-0.3, -0.25) is 0 Å². The van der Waals surface area contributed by atoms with Crippen molar-refractivity contribution in [3.05, 3.63) is 46.7 Å². The third-order valence-corrected chi connectivity index (χ3v) is 2.74. The average molecular weight is 291 g/mol. The molecule has 102 valence electrons. The molecule has 0 atom stereocenters. The third-order valence-electron chi connectivity index (χ3n) is 2.51. The molecule has 1 aromatic heterocycles. The second-order valence-electron chi connectivity index (χ2n) is 3.83. The molecule has 0 bridgehead atoms. The van der Waals surface area contributed by atoms with Crippen molar-refractivity contribution < 1.29 is 17.9 Å². The van der Waals surface area contributed by atoms with Crippen LogP contribution in [-0.4, -0.2) is 16.9 Å². The van der Waals surface area contributed by atoms with Crippen LogP contribution in [0.25, 0.3) is 5.69 Å². The van der Waals surface area contributed by atoms with Crippen LogP contribution in [0.5, 0.6) is 0 Å². The van der Waals surface area contributed by atoms with Crippen molar-refractivity contribution in [1.29, 1.82) is 0 Å². The van der Waals surface area contributed by atoms with Crippen LogP contribution in [-0.2, 0) is 17.5 Å². The van der Waals surface area contributed by atoms with E-state index in [1.807, 2.05) is 0 Å². The molecule has 0 fully saturated rings. The molecule has 0 saturated heterocycles. The van der Waals surface area contributed by atoms with Crippen LogP contribution in [0.15, 0.2) is 30.5 Å². The van der Waals surface area contributed by atoms with Crippen molar-refractivity contribution >= 4 is 11.6 Å². The van der Waals surface area contributed by atoms with Gasteiger partial charge in [0.05, 0.1) is 23.6 Å². The standard InChI is InChI=1S/C12H10ClF3N2O/c1-19-7-9-4-5-17-18(9)11-3-2-8(13)6-10(11)12(14,15)16/h2-6H,7H2,1H3. The van der Waals surface area contributed by atoms with E-state index in [1.165, 1.54) is 30.1 Å². The zero-order valence-electron chi connectivity index (χ0n) is 9.91. The number of ether oxygens (including phenoxy) is 1. The minimum atomic E-state index is -4.50. The van der Waals surface area contributed by atoms with Gasteiger partial charge in [-0.1, -0.05) is 11.6 Å². The Bertz CT molecular complexity index is 581. The summed E-state index contributed by atoms with van der Waals surface area (Å²) in [6.07, 6.45) is -3.08. The number of hydrogen-bond donors (Lipinski definition) is 0. The van der Waals surface area contributed by atoms with Crippen molar-refractivity contribution in [1.82, 2.24) is 9.78 Å². The largest absolute Gasteiger partial charge is 0.418 e. The van der Waals surface area contributed by atoms with E-state index in [2.05, 4.69) is 5.10 Å². The molecule has 2 aromatic rings. The van der Waals surface area contributed by atoms with E-state index in [0.717, 1.165) is 6.07 Å². The van der Waals surface area contributed by atoms with Crippen molar-refractivity contribution in [2.75, 3.05) is 7.11 Å². The Kier molecular flexibility index (Phi) is 3.82. The fourth-order valence-electron chi connectivity index (χ4n) is 1.72. The van der Waals surface area contributed by atoms with Gasteiger partial charge in [-0.25, -0.2) is 4.68 Å². The monoisotopic (exact) mass is 290 g/mol. The van der Waals surface area contributed by atoms with E-state index in [0.29, 0.717) is 5.69 Å². The number of halogens is 4. The Morgan fingerprint density at radius 3 is 2.68 bits per heavy atom. The summed E-state index contributed by atoms with van der Waals surface area (Å²) < 4.78 is 45.1. The second kappa shape index (κ2) is 5.22. The molecule has 0 aliphatic heterocycles. The summed E-state index contributed by atoms with van der Waals surface area (Å²) in [4.78, 5) is 0. The van der Waals surface area contributed by atoms with Crippen molar-refractivity contribution in [3.8, 4) is 5.69 Å². The molecule has 19 heavy (non-hydrogen) atoms. The quantitative estimate of drug-likeness (QED) is 0.862. The molecule has 0 unspecified atom stereocenters. The van der Waals surface area contributed by atoms with E-state index in [-0.39, 0.29) is 17.3 Å². The van der Waals surface area contributed by atoms with Crippen LogP contribution in [0.2, 0.25) is 5.02 Å². The molecular weight excluding hydrogens is 281 g/mol. The van der Waals surface area contributed by atoms with Crippen LogP contribution >= 0.6 is 11.6 Å². The number of nitrogens with zero attached hydrogens (tertiary/aromatic N) is 2. The lowest BCUT2D eigenvalue weighted by Gasteiger charge is -2.15. The first-order valence-corrected chi connectivity index (χ1v) is 5.70. The number of rotatable bonds is 3. The van der Waals surface area contributed by atoms with Crippen molar-refractivity contribution in [2.45, 2.75) is 12.8 Å². The summed E-state index contributed by atoms with van der Waals surface area (Å²) in [7, 11) is 1.46. The Morgan fingerprint density at radius 1 is 1.32 bits per heavy atom. The molecule has 1 aromatic carbocycles. The SMILES string of the molecule is COCc1ccnn1-c1ccc(Cl)cc1C(F)(F)F. The first-order valence-electron chi connectivity index (χ1n) is 5.32. The molecular formula is C12H10ClF3N2O. The lowest BCUT2D eigenvalue weighted by atomic mass is 10.1. The summed E-state index contributed by atoms with van der Waals surface area (Å²) in [6, 6.07) is 5.16. The minimum Gasteiger partial charge on any atom is -0.378 e. The topological polar surface area (TPSA) is 27.1 Å². The lowest BCUT2D eigenvalue weighted by molar-refractivity contribution is -0.137. The fraction of sp³-hybridized carbons (Fsp3) is 0.250. The molecule has 0 saturated carbocycles. The molecule has 0 spiro atoms. The van der Waals surface area contributed by atoms with Gasteiger partial charge in [0.25, 0.3) is 0 Å². The summed E-state index contributed by atoms with van der Waals surface area (Å²) in [5.74, 6) is 0. The number of benzene rings is 1. The van der Waals surface area contributed by atoms with Gasteiger partial charge in [0, 0.05) is 18.3 Å². The Morgan fingerprint density at radius 2 is 2.05 bits per heavy atom. The van der Waals surface area contributed by atoms with Crippen molar-refractivity contribution in [2.24, 2.45) is 0 Å². The van der Waals surface area contributed by atoms with Gasteiger partial charge in [0.1, 0.15) is 0 Å². The van der Waals surface area contributed by atoms with Gasteiger partial charge in [0.2, 0.25) is 0 Å². The van der Waals surface area contributed by atoms with Gasteiger partial charge in [-0.15, -0.1) is 0 Å². The van der Waals surface area contributed by atoms with Crippen LogP contribution in [0.1, 0.15) is 11.3 Å². The van der Waals surface area contributed by atoms with Gasteiger partial charge in [0.15, 0.2) is 0 Å². The predicted octanol–water partition coefficient (Wildman–Crippen LogP) is 3.69. The summed E-state index contributed by atoms with van der Waals surface area (Å²) in [5, 5.41) is 3.93. The van der Waals surface area contributed by atoms with E-state index in [1.54, 1.807) is 6.07 Å². The summed E-state index contributed by atoms with van der Waals surface area (Å²) >= 11 is 5.63. The average Bonchev–Trinajstić information content (AvgIpc) is 2.76. The number of methoxy groups -OCH3 is 1. The maximum Gasteiger partial charge on any atom is 0.418 e. The fourth-order valence-corrected chi connectivity index (χ4v) is 1.90. The van der Waals surface area contributed by atoms with Gasteiger partial charge < -0.3 is 4.74 Å². The van der Waals surface area contributed by atoms with Gasteiger partial charge >= 0.3 is 6.18 Å². The molecule has 0 N–H and O–H groups in total. The number of hydrogen-bond acceptors (Lipinski definition) is 2. The molecule has 0 radical (unpaired) electrons. The molecule has 0 aliphatic rings. The molecule has 3 nitrogen and oxygen atoms in total. The maximum atomic E-state index is 13.0. The highest BCUT2D eigenvalue weighted by Gasteiger charge is 2.34. The van der Waals surface area contributed by atoms with Gasteiger partial charge in [-0.05, 0) is 24.3 Å². The zero-order valence-corrected chi connectivity index (χ0v) is 10.7. The Labute approximate surface area is 112 Å². The Balaban J connectivity index is 2.58. The predicted molar refractivity (Wildman–Crippen MR) is 64.3 cm³/mol. The maximum absolute atomic E-state index is 13.0. The number of aromatic nitrogens is 2. The van der Waals surface area contributed by atoms with E-state index in [4.69, 9.17) is 16.3 Å². The molecule has 7 heteroatoms. The molecule has 0 aliphatic carbocycles. The lowest BCUT2D eigenvalue weighted by Crippen LogP contribution is -2.13. The molecule has 1 heterocycles. The van der Waals surface area contributed by atoms with Crippen molar-refractivity contribution in [3.63, 3.8) is 0 Å². The highest BCUT2D eigenvalue weighted by molar-refractivity contribution is 6.30. The molecule has 0 amide bonds. The van der Waals surface area contributed by atoms with Crippen LogP contribution < -0.4 is 0 Å². The number of alkyl halides is 3. The van der Waals surface area contributed by atoms with Crippen LogP contribution in [0.3, 0.4) is 0 Å². The first-order chi connectivity index (χ1) is 8.93. The van der Waals surface area contributed by atoms with E-state index in [9.17, 15) is 13.2 Å². The summed E-state index contributed by atoms with van der Waals surface area (Å²) in [6.45, 7) is 0.167. The first kappa shape index (κ1) is 13.9. The van der Waals surface area contributed by atoms with E-state index >= 15 is 0 Å². The van der Waals surface area contributed by atoms with Gasteiger partial charge in [-0.2, -0.15) is 18.3 Å². The smallest absolute Gasteiger partial charge is 0.378 e. The van der Waals surface area contributed by atoms with Crippen LogP contribution in [0, 0.1) is 0 Å². The zero-order chi connectivity index (χ0) is 14.0. The van der Waals surface area contributed by atoms with Crippen LogP contribution in [0.4, 0.5) is 13.2 Å². The second-order valence-corrected chi connectivity index (χ2v) is 4.26. The summed E-state index contributed by atoms with van der Waals surface area (Å²) in [5.41, 5.74) is -0.384. The minimum absolute atomic E-state index is 0.0246. The highest BCUT2D eigenvalue weighted by Crippen LogP contribution is 2.35. The van der Waals surface area contributed by atoms with E-state index < -0.39 is 11.7 Å².